The molecule has 5 nitrogen and oxygen atoms in total. The van der Waals surface area contributed by atoms with Crippen LogP contribution in [0.2, 0.25) is 0 Å². The lowest BCUT2D eigenvalue weighted by Gasteiger charge is -2.07. The molecule has 0 unspecified atom stereocenters. The van der Waals surface area contributed by atoms with Crippen molar-refractivity contribution >= 4 is 5.69 Å². The minimum atomic E-state index is -0.465. The number of nitro groups is 1. The molecule has 0 saturated carbocycles. The lowest BCUT2D eigenvalue weighted by Crippen LogP contribution is -1.99. The van der Waals surface area contributed by atoms with Crippen LogP contribution in [0.1, 0.15) is 16.7 Å². The van der Waals surface area contributed by atoms with Crippen LogP contribution in [0, 0.1) is 28.4 Å². The van der Waals surface area contributed by atoms with Gasteiger partial charge < -0.3 is 4.74 Å². The summed E-state index contributed by atoms with van der Waals surface area (Å²) in [5.74, 6) is 0.249. The van der Waals surface area contributed by atoms with E-state index in [2.05, 4.69) is 0 Å². The van der Waals surface area contributed by atoms with Crippen LogP contribution in [0.5, 0.6) is 5.75 Å². The molecule has 0 aromatic heterocycles. The highest BCUT2D eigenvalue weighted by atomic mass is 16.6. The third-order valence-electron chi connectivity index (χ3n) is 2.79. The summed E-state index contributed by atoms with van der Waals surface area (Å²) in [4.78, 5) is 10.5. The number of hydrogen-bond donors (Lipinski definition) is 0. The second-order valence-corrected chi connectivity index (χ2v) is 4.33. The van der Waals surface area contributed by atoms with Crippen molar-refractivity contribution < 1.29 is 9.66 Å². The molecule has 0 spiro atoms. The molecule has 5 heteroatoms. The number of hydrogen-bond acceptors (Lipinski definition) is 4. The summed E-state index contributed by atoms with van der Waals surface area (Å²) in [6.45, 7) is 2.06. The number of nitriles is 1. The zero-order valence-electron chi connectivity index (χ0n) is 10.9. The lowest BCUT2D eigenvalue weighted by atomic mass is 10.1. The minimum Gasteiger partial charge on any atom is -0.482 e. The Balaban J connectivity index is 2.15. The van der Waals surface area contributed by atoms with Crippen LogP contribution in [-0.4, -0.2) is 4.92 Å². The van der Waals surface area contributed by atoms with Crippen molar-refractivity contribution in [2.45, 2.75) is 13.5 Å². The van der Waals surface area contributed by atoms with Crippen molar-refractivity contribution in [2.24, 2.45) is 0 Å². The Morgan fingerprint density at radius 3 is 2.55 bits per heavy atom. The average molecular weight is 268 g/mol. The highest BCUT2D eigenvalue weighted by Gasteiger charge is 2.14. The Labute approximate surface area is 116 Å². The van der Waals surface area contributed by atoms with Gasteiger partial charge in [0, 0.05) is 6.07 Å². The molecule has 0 aliphatic carbocycles. The van der Waals surface area contributed by atoms with E-state index in [1.165, 1.54) is 6.07 Å². The summed E-state index contributed by atoms with van der Waals surface area (Å²) in [5, 5.41) is 19.6. The van der Waals surface area contributed by atoms with Crippen LogP contribution < -0.4 is 4.74 Å². The van der Waals surface area contributed by atoms with Gasteiger partial charge in [0.15, 0.2) is 5.75 Å². The summed E-state index contributed by atoms with van der Waals surface area (Å²) < 4.78 is 5.51. The Hall–Kier alpha value is -2.87. The molecule has 0 fully saturated rings. The van der Waals surface area contributed by atoms with Crippen LogP contribution in [0.4, 0.5) is 5.69 Å². The molecule has 0 aliphatic rings. The number of nitro benzene ring substituents is 1. The Morgan fingerprint density at radius 2 is 1.95 bits per heavy atom. The molecule has 0 aliphatic heterocycles. The SMILES string of the molecule is Cc1ccc([N+](=O)[O-])c(OCc2ccc(C#N)cc2)c1. The van der Waals surface area contributed by atoms with Crippen LogP contribution in [0.25, 0.3) is 0 Å². The molecule has 0 atom stereocenters. The van der Waals surface area contributed by atoms with Gasteiger partial charge in [-0.1, -0.05) is 18.2 Å². The zero-order valence-corrected chi connectivity index (χ0v) is 10.9. The Kier molecular flexibility index (Phi) is 3.96. The van der Waals surface area contributed by atoms with Gasteiger partial charge in [0.2, 0.25) is 0 Å². The van der Waals surface area contributed by atoms with Crippen molar-refractivity contribution in [1.82, 2.24) is 0 Å². The van der Waals surface area contributed by atoms with Crippen molar-refractivity contribution in [2.75, 3.05) is 0 Å². The van der Waals surface area contributed by atoms with E-state index in [4.69, 9.17) is 10.00 Å². The van der Waals surface area contributed by atoms with E-state index >= 15 is 0 Å². The number of aryl methyl sites for hydroxylation is 1. The van der Waals surface area contributed by atoms with Crippen LogP contribution in [0.3, 0.4) is 0 Å². The van der Waals surface area contributed by atoms with Crippen LogP contribution >= 0.6 is 0 Å². The van der Waals surface area contributed by atoms with Gasteiger partial charge in [-0.05, 0) is 36.2 Å². The van der Waals surface area contributed by atoms with E-state index in [0.717, 1.165) is 11.1 Å². The van der Waals surface area contributed by atoms with Gasteiger partial charge in [-0.15, -0.1) is 0 Å². The van der Waals surface area contributed by atoms with E-state index in [0.29, 0.717) is 5.56 Å². The first-order valence-corrected chi connectivity index (χ1v) is 5.97. The average Bonchev–Trinajstić information content (AvgIpc) is 2.45. The molecule has 2 aromatic rings. The largest absolute Gasteiger partial charge is 0.482 e. The summed E-state index contributed by atoms with van der Waals surface area (Å²) in [6, 6.07) is 13.7. The Bertz CT molecular complexity index is 673. The first kappa shape index (κ1) is 13.6. The number of rotatable bonds is 4. The van der Waals surface area contributed by atoms with E-state index < -0.39 is 4.92 Å². The summed E-state index contributed by atoms with van der Waals surface area (Å²) in [6.07, 6.45) is 0. The molecule has 0 saturated heterocycles. The number of benzene rings is 2. The standard InChI is InChI=1S/C15H12N2O3/c1-11-2-7-14(17(18)19)15(8-11)20-10-13-5-3-12(9-16)4-6-13/h2-8H,10H2,1H3. The van der Waals surface area contributed by atoms with Gasteiger partial charge >= 0.3 is 5.69 Å². The fourth-order valence-corrected chi connectivity index (χ4v) is 1.72. The molecule has 2 aromatic carbocycles. The lowest BCUT2D eigenvalue weighted by molar-refractivity contribution is -0.386. The van der Waals surface area contributed by atoms with Crippen LogP contribution in [-0.2, 0) is 6.61 Å². The second kappa shape index (κ2) is 5.85. The highest BCUT2D eigenvalue weighted by molar-refractivity contribution is 5.48. The summed E-state index contributed by atoms with van der Waals surface area (Å²) >= 11 is 0. The van der Waals surface area contributed by atoms with Gasteiger partial charge in [0.05, 0.1) is 16.6 Å². The topological polar surface area (TPSA) is 76.2 Å². The molecular formula is C15H12N2O3. The molecule has 100 valence electrons. The molecule has 0 amide bonds. The Morgan fingerprint density at radius 1 is 1.25 bits per heavy atom. The molecule has 0 radical (unpaired) electrons. The van der Waals surface area contributed by atoms with Crippen molar-refractivity contribution in [3.05, 3.63) is 69.3 Å². The second-order valence-electron chi connectivity index (χ2n) is 4.33. The van der Waals surface area contributed by atoms with Crippen LogP contribution in [0.15, 0.2) is 42.5 Å². The fourth-order valence-electron chi connectivity index (χ4n) is 1.72. The van der Waals surface area contributed by atoms with Gasteiger partial charge in [0.25, 0.3) is 0 Å². The summed E-state index contributed by atoms with van der Waals surface area (Å²) in [7, 11) is 0. The molecule has 0 bridgehead atoms. The normalized spacial score (nSPS) is 9.80. The van der Waals surface area contributed by atoms with E-state index in [-0.39, 0.29) is 18.0 Å². The molecule has 0 N–H and O–H groups in total. The fraction of sp³-hybridized carbons (Fsp3) is 0.133. The van der Waals surface area contributed by atoms with Crippen molar-refractivity contribution in [3.63, 3.8) is 0 Å². The maximum Gasteiger partial charge on any atom is 0.310 e. The van der Waals surface area contributed by atoms with E-state index in [1.54, 1.807) is 36.4 Å². The van der Waals surface area contributed by atoms with Gasteiger partial charge in [-0.25, -0.2) is 0 Å². The first-order chi connectivity index (χ1) is 9.60. The van der Waals surface area contributed by atoms with E-state index in [9.17, 15) is 10.1 Å². The summed E-state index contributed by atoms with van der Waals surface area (Å²) in [5.41, 5.74) is 2.25. The quantitative estimate of drug-likeness (QED) is 0.629. The van der Waals surface area contributed by atoms with Crippen molar-refractivity contribution in [3.8, 4) is 11.8 Å². The highest BCUT2D eigenvalue weighted by Crippen LogP contribution is 2.28. The predicted octanol–water partition coefficient (Wildman–Crippen LogP) is 3.35. The number of nitrogens with zero attached hydrogens (tertiary/aromatic N) is 2. The molecular weight excluding hydrogens is 256 g/mol. The minimum absolute atomic E-state index is 0.0516. The first-order valence-electron chi connectivity index (χ1n) is 5.97. The zero-order chi connectivity index (χ0) is 14.5. The third kappa shape index (κ3) is 3.12. The third-order valence-corrected chi connectivity index (χ3v) is 2.79. The smallest absolute Gasteiger partial charge is 0.310 e. The maximum atomic E-state index is 10.9. The van der Waals surface area contributed by atoms with E-state index in [1.807, 2.05) is 13.0 Å². The number of ether oxygens (including phenoxy) is 1. The van der Waals surface area contributed by atoms with Crippen molar-refractivity contribution in [1.29, 1.82) is 5.26 Å². The predicted molar refractivity (Wildman–Crippen MR) is 73.3 cm³/mol. The van der Waals surface area contributed by atoms with Gasteiger partial charge in [-0.3, -0.25) is 10.1 Å². The molecule has 0 heterocycles. The van der Waals surface area contributed by atoms with Gasteiger partial charge in [-0.2, -0.15) is 5.26 Å². The van der Waals surface area contributed by atoms with Gasteiger partial charge in [0.1, 0.15) is 6.61 Å². The monoisotopic (exact) mass is 268 g/mol. The maximum absolute atomic E-state index is 10.9. The molecule has 20 heavy (non-hydrogen) atoms. The molecule has 2 rings (SSSR count).